The molecule has 0 atom stereocenters. The summed E-state index contributed by atoms with van der Waals surface area (Å²) in [4.78, 5) is 34.8. The van der Waals surface area contributed by atoms with Crippen molar-refractivity contribution >= 4 is 46.3 Å². The van der Waals surface area contributed by atoms with Crippen molar-refractivity contribution in [2.45, 2.75) is 6.54 Å². The van der Waals surface area contributed by atoms with Gasteiger partial charge in [0.05, 0.1) is 42.2 Å². The molecule has 0 unspecified atom stereocenters. The molecule has 0 radical (unpaired) electrons. The molecule has 1 aliphatic rings. The van der Waals surface area contributed by atoms with Gasteiger partial charge < -0.3 is 25.1 Å². The first-order chi connectivity index (χ1) is 18.4. The first kappa shape index (κ1) is 25.4. The SMILES string of the molecule is Nc1ccc(/C=C/C(=O)NCc2cc3cc(-c4cc(C(=O)N5CCOCC5)c(F)cn4)cc(Cl)c3o2)cn1. The lowest BCUT2D eigenvalue weighted by Gasteiger charge is -2.27. The Morgan fingerprint density at radius 1 is 1.13 bits per heavy atom. The fraction of sp³-hybridized carbons (Fsp3) is 0.185. The van der Waals surface area contributed by atoms with Crippen molar-refractivity contribution in [2.24, 2.45) is 0 Å². The van der Waals surface area contributed by atoms with E-state index in [1.807, 2.05) is 0 Å². The fourth-order valence-electron chi connectivity index (χ4n) is 4.02. The van der Waals surface area contributed by atoms with Gasteiger partial charge in [0.25, 0.3) is 5.91 Å². The molecule has 1 saturated heterocycles. The smallest absolute Gasteiger partial charge is 0.257 e. The quantitative estimate of drug-likeness (QED) is 0.357. The molecule has 1 fully saturated rings. The van der Waals surface area contributed by atoms with Crippen LogP contribution in [0.3, 0.4) is 0 Å². The predicted molar refractivity (Wildman–Crippen MR) is 141 cm³/mol. The normalized spacial score (nSPS) is 13.8. The molecule has 38 heavy (non-hydrogen) atoms. The van der Waals surface area contributed by atoms with E-state index >= 15 is 0 Å². The third-order valence-corrected chi connectivity index (χ3v) is 6.26. The van der Waals surface area contributed by atoms with E-state index in [4.69, 9.17) is 26.5 Å². The Hall–Kier alpha value is -4.28. The van der Waals surface area contributed by atoms with Crippen LogP contribution in [0.15, 0.2) is 59.3 Å². The number of aromatic nitrogens is 2. The van der Waals surface area contributed by atoms with Crippen molar-refractivity contribution in [1.82, 2.24) is 20.2 Å². The van der Waals surface area contributed by atoms with Crippen LogP contribution >= 0.6 is 11.6 Å². The highest BCUT2D eigenvalue weighted by Gasteiger charge is 2.23. The van der Waals surface area contributed by atoms with Gasteiger partial charge in [-0.25, -0.2) is 9.37 Å². The molecule has 0 aliphatic carbocycles. The summed E-state index contributed by atoms with van der Waals surface area (Å²) < 4.78 is 25.6. The van der Waals surface area contributed by atoms with Crippen LogP contribution in [0.4, 0.5) is 10.2 Å². The molecule has 9 nitrogen and oxygen atoms in total. The summed E-state index contributed by atoms with van der Waals surface area (Å²) >= 11 is 6.47. The van der Waals surface area contributed by atoms with Gasteiger partial charge in [-0.1, -0.05) is 11.6 Å². The standard InChI is InChI=1S/C27H23ClFN5O4/c28-21-11-17(23-12-20(22(29)15-31-23)27(36)34-5-7-37-8-6-34)9-18-10-19(38-26(18)21)14-33-25(35)4-2-16-1-3-24(30)32-13-16/h1-4,9-13,15H,5-8,14H2,(H2,30,32)(H,33,35)/b4-2+. The van der Waals surface area contributed by atoms with Gasteiger partial charge in [0.1, 0.15) is 11.6 Å². The Balaban J connectivity index is 1.32. The van der Waals surface area contributed by atoms with E-state index in [2.05, 4.69) is 15.3 Å². The molecule has 0 bridgehead atoms. The van der Waals surface area contributed by atoms with E-state index in [0.717, 1.165) is 11.8 Å². The van der Waals surface area contributed by atoms with Gasteiger partial charge in [0.15, 0.2) is 11.4 Å². The van der Waals surface area contributed by atoms with Crippen molar-refractivity contribution in [1.29, 1.82) is 0 Å². The zero-order chi connectivity index (χ0) is 26.6. The number of ether oxygens (including phenoxy) is 1. The Bertz CT molecular complexity index is 1530. The van der Waals surface area contributed by atoms with Crippen LogP contribution in [0.5, 0.6) is 0 Å². The van der Waals surface area contributed by atoms with Crippen LogP contribution in [0.2, 0.25) is 5.02 Å². The maximum atomic E-state index is 14.5. The van der Waals surface area contributed by atoms with E-state index in [1.165, 1.54) is 12.1 Å². The third-order valence-electron chi connectivity index (χ3n) is 5.98. The number of benzene rings is 1. The minimum atomic E-state index is -0.694. The number of nitrogens with one attached hydrogen (secondary N) is 1. The number of nitrogens with zero attached hydrogens (tertiary/aromatic N) is 3. The van der Waals surface area contributed by atoms with E-state index in [0.29, 0.717) is 65.1 Å². The molecule has 194 valence electrons. The first-order valence-electron chi connectivity index (χ1n) is 11.8. The van der Waals surface area contributed by atoms with Crippen molar-refractivity contribution in [2.75, 3.05) is 32.0 Å². The van der Waals surface area contributed by atoms with Gasteiger partial charge in [0, 0.05) is 36.3 Å². The lowest BCUT2D eigenvalue weighted by atomic mass is 10.1. The first-order valence-corrected chi connectivity index (χ1v) is 12.2. The number of halogens is 2. The van der Waals surface area contributed by atoms with Crippen LogP contribution < -0.4 is 11.1 Å². The molecule has 4 aromatic rings. The number of rotatable bonds is 6. The van der Waals surface area contributed by atoms with Gasteiger partial charge in [-0.15, -0.1) is 0 Å². The summed E-state index contributed by atoms with van der Waals surface area (Å²) in [6.07, 6.45) is 5.61. The number of nitrogen functional groups attached to an aromatic ring is 1. The third kappa shape index (κ3) is 5.66. The maximum Gasteiger partial charge on any atom is 0.257 e. The minimum Gasteiger partial charge on any atom is -0.458 e. The lowest BCUT2D eigenvalue weighted by molar-refractivity contribution is -0.116. The van der Waals surface area contributed by atoms with Crippen LogP contribution in [0.25, 0.3) is 28.3 Å². The molecule has 3 N–H and O–H groups in total. The largest absolute Gasteiger partial charge is 0.458 e. The Morgan fingerprint density at radius 2 is 1.95 bits per heavy atom. The van der Waals surface area contributed by atoms with Gasteiger partial charge in [-0.3, -0.25) is 14.6 Å². The van der Waals surface area contributed by atoms with Crippen LogP contribution in [0.1, 0.15) is 21.7 Å². The van der Waals surface area contributed by atoms with E-state index in [9.17, 15) is 14.0 Å². The number of furan rings is 1. The molecule has 3 aromatic heterocycles. The van der Waals surface area contributed by atoms with Crippen LogP contribution in [-0.4, -0.2) is 53.0 Å². The van der Waals surface area contributed by atoms with Gasteiger partial charge in [-0.05, 0) is 48.0 Å². The predicted octanol–water partition coefficient (Wildman–Crippen LogP) is 4.07. The van der Waals surface area contributed by atoms with E-state index < -0.39 is 11.7 Å². The summed E-state index contributed by atoms with van der Waals surface area (Å²) in [7, 11) is 0. The summed E-state index contributed by atoms with van der Waals surface area (Å²) in [6, 6.07) is 10.0. The summed E-state index contributed by atoms with van der Waals surface area (Å²) in [5.41, 5.74) is 7.66. The number of hydrogen-bond donors (Lipinski definition) is 2. The number of anilines is 1. The molecule has 4 heterocycles. The summed E-state index contributed by atoms with van der Waals surface area (Å²) in [5.74, 6) is -0.534. The monoisotopic (exact) mass is 535 g/mol. The average molecular weight is 536 g/mol. The molecule has 11 heteroatoms. The maximum absolute atomic E-state index is 14.5. The highest BCUT2D eigenvalue weighted by molar-refractivity contribution is 6.35. The zero-order valence-corrected chi connectivity index (χ0v) is 20.9. The Labute approximate surface area is 222 Å². The molecular weight excluding hydrogens is 513 g/mol. The van der Waals surface area contributed by atoms with E-state index in [-0.39, 0.29) is 18.0 Å². The zero-order valence-electron chi connectivity index (χ0n) is 20.1. The fourth-order valence-corrected chi connectivity index (χ4v) is 4.28. The molecular formula is C27H23ClFN5O4. The molecule has 0 spiro atoms. The topological polar surface area (TPSA) is 124 Å². The number of carbonyl (C=O) groups excluding carboxylic acids is 2. The summed E-state index contributed by atoms with van der Waals surface area (Å²) in [5, 5.41) is 3.74. The number of morpholine rings is 1. The summed E-state index contributed by atoms with van der Waals surface area (Å²) in [6.45, 7) is 1.76. The number of hydrogen-bond acceptors (Lipinski definition) is 7. The number of nitrogens with two attached hydrogens (primary N) is 1. The second-order valence-electron chi connectivity index (χ2n) is 8.61. The number of fused-ring (bicyclic) bond motifs is 1. The van der Waals surface area contributed by atoms with Crippen LogP contribution in [0, 0.1) is 5.82 Å². The Morgan fingerprint density at radius 3 is 2.71 bits per heavy atom. The van der Waals surface area contributed by atoms with Crippen molar-refractivity contribution in [3.8, 4) is 11.3 Å². The highest BCUT2D eigenvalue weighted by Crippen LogP contribution is 2.33. The van der Waals surface area contributed by atoms with E-state index in [1.54, 1.807) is 47.5 Å². The van der Waals surface area contributed by atoms with Gasteiger partial charge in [-0.2, -0.15) is 0 Å². The van der Waals surface area contributed by atoms with Crippen molar-refractivity contribution < 1.29 is 23.1 Å². The van der Waals surface area contributed by atoms with Crippen LogP contribution in [-0.2, 0) is 16.1 Å². The number of amides is 2. The molecule has 0 saturated carbocycles. The Kier molecular flexibility index (Phi) is 7.34. The second-order valence-corrected chi connectivity index (χ2v) is 9.02. The van der Waals surface area contributed by atoms with Crippen molar-refractivity contribution in [3.63, 3.8) is 0 Å². The molecule has 5 rings (SSSR count). The molecule has 1 aliphatic heterocycles. The number of pyridine rings is 2. The van der Waals surface area contributed by atoms with Crippen molar-refractivity contribution in [3.05, 3.63) is 82.6 Å². The average Bonchev–Trinajstić information content (AvgIpc) is 3.36. The van der Waals surface area contributed by atoms with Gasteiger partial charge >= 0.3 is 0 Å². The molecule has 1 aromatic carbocycles. The number of carbonyl (C=O) groups is 2. The second kappa shape index (κ2) is 11.0. The molecule has 2 amide bonds. The minimum absolute atomic E-state index is 0.0634. The van der Waals surface area contributed by atoms with Gasteiger partial charge in [0.2, 0.25) is 5.91 Å². The highest BCUT2D eigenvalue weighted by atomic mass is 35.5. The lowest BCUT2D eigenvalue weighted by Crippen LogP contribution is -2.41.